The Bertz CT molecular complexity index is 215. The van der Waals surface area contributed by atoms with E-state index in [0.717, 1.165) is 25.7 Å². The Kier molecular flexibility index (Phi) is 14.5. The molecule has 0 bridgehead atoms. The number of nitrogens with two attached hydrogens (primary N) is 1. The van der Waals surface area contributed by atoms with Gasteiger partial charge in [0.15, 0.2) is 0 Å². The quantitative estimate of drug-likeness (QED) is 0.469. The molecule has 102 valence electrons. The fourth-order valence-corrected chi connectivity index (χ4v) is 3.03. The molecule has 1 saturated carbocycles. The maximum absolute atomic E-state index is 10.1. The van der Waals surface area contributed by atoms with E-state index in [1.54, 1.807) is 0 Å². The van der Waals surface area contributed by atoms with Crippen LogP contribution >= 0.6 is 0 Å². The van der Waals surface area contributed by atoms with Crippen LogP contribution in [0.2, 0.25) is 0 Å². The molecule has 1 aliphatic carbocycles. The van der Waals surface area contributed by atoms with E-state index in [4.69, 9.17) is 11.5 Å². The first-order chi connectivity index (χ1) is 7.51. The summed E-state index contributed by atoms with van der Waals surface area (Å²) in [5, 5.41) is 10.1. The number of aliphatic hydroxyl groups is 1. The van der Waals surface area contributed by atoms with Gasteiger partial charge in [0.25, 0.3) is 0 Å². The van der Waals surface area contributed by atoms with Crippen LogP contribution in [0.1, 0.15) is 46.5 Å². The van der Waals surface area contributed by atoms with Gasteiger partial charge in [-0.2, -0.15) is 0 Å². The summed E-state index contributed by atoms with van der Waals surface area (Å²) in [6.45, 7) is 6.39. The molecule has 5 atom stereocenters. The Morgan fingerprint density at radius 1 is 1.28 bits per heavy atom. The maximum Gasteiger partial charge on any atom is 0.0595 e. The van der Waals surface area contributed by atoms with Crippen LogP contribution in [0.5, 0.6) is 0 Å². The third kappa shape index (κ3) is 6.26. The largest absolute Gasteiger partial charge is 0.674 e. The molecule has 5 unspecified atom stereocenters. The van der Waals surface area contributed by atoms with Gasteiger partial charge in [0.1, 0.15) is 0 Å². The van der Waals surface area contributed by atoms with Gasteiger partial charge in [-0.1, -0.05) is 40.0 Å². The molecule has 0 amide bonds. The molecule has 1 rings (SSSR count). The Morgan fingerprint density at radius 3 is 2.11 bits per heavy atom. The smallest absolute Gasteiger partial charge is 0.0595 e. The van der Waals surface area contributed by atoms with Crippen molar-refractivity contribution >= 4 is 0 Å². The molecular formula is C13H27Ac2N2O-. The molecule has 0 aromatic carbocycles. The minimum absolute atomic E-state index is 0. The number of hydrogen-bond acceptors (Lipinski definition) is 2. The van der Waals surface area contributed by atoms with Crippen molar-refractivity contribution in [1.82, 2.24) is 0 Å². The number of rotatable bonds is 5. The van der Waals surface area contributed by atoms with Crippen LogP contribution in [0.4, 0.5) is 0 Å². The van der Waals surface area contributed by atoms with Gasteiger partial charge in [-0.3, -0.25) is 0 Å². The number of hydrogen-bond donors (Lipinski definition) is 2. The van der Waals surface area contributed by atoms with Crippen molar-refractivity contribution in [3.8, 4) is 0 Å². The van der Waals surface area contributed by atoms with E-state index < -0.39 is 0 Å². The minimum atomic E-state index is -0.369. The van der Waals surface area contributed by atoms with Crippen molar-refractivity contribution < 1.29 is 93.2 Å². The van der Waals surface area contributed by atoms with E-state index >= 15 is 0 Å². The average molecular weight is 681 g/mol. The third-order valence-electron chi connectivity index (χ3n) is 4.32. The van der Waals surface area contributed by atoms with Crippen molar-refractivity contribution in [2.45, 2.75) is 64.6 Å². The summed E-state index contributed by atoms with van der Waals surface area (Å²) in [6.07, 6.45) is 3.63. The molecule has 18 heavy (non-hydrogen) atoms. The van der Waals surface area contributed by atoms with E-state index in [0.29, 0.717) is 5.92 Å². The van der Waals surface area contributed by atoms with Crippen LogP contribution in [0.3, 0.4) is 0 Å². The second-order valence-corrected chi connectivity index (χ2v) is 5.47. The molecule has 4 N–H and O–H groups in total. The van der Waals surface area contributed by atoms with Gasteiger partial charge in [-0.05, 0) is 24.2 Å². The van der Waals surface area contributed by atoms with Crippen molar-refractivity contribution in [3.63, 3.8) is 0 Å². The molecule has 0 aromatic heterocycles. The van der Waals surface area contributed by atoms with Crippen LogP contribution in [-0.2, 0) is 0 Å². The summed E-state index contributed by atoms with van der Waals surface area (Å²) in [6, 6.07) is -0.179. The van der Waals surface area contributed by atoms with E-state index in [-0.39, 0.29) is 118 Å². The second kappa shape index (κ2) is 11.3. The van der Waals surface area contributed by atoms with Gasteiger partial charge in [-0.15, -0.1) is 6.04 Å². The Hall–Kier alpha value is 2.76. The van der Waals surface area contributed by atoms with Gasteiger partial charge >= 0.3 is 0 Å². The van der Waals surface area contributed by atoms with E-state index in [9.17, 15) is 5.11 Å². The predicted molar refractivity (Wildman–Crippen MR) is 68.1 cm³/mol. The summed E-state index contributed by atoms with van der Waals surface area (Å²) in [4.78, 5) is 0. The number of nitrogens with one attached hydrogen (secondary N) is 1. The zero-order valence-electron chi connectivity index (χ0n) is 12.0. The van der Waals surface area contributed by atoms with Gasteiger partial charge in [0, 0.05) is 94.2 Å². The zero-order chi connectivity index (χ0) is 12.3. The van der Waals surface area contributed by atoms with Crippen molar-refractivity contribution in [3.05, 3.63) is 5.73 Å². The summed E-state index contributed by atoms with van der Waals surface area (Å²) < 4.78 is 0. The molecule has 0 heterocycles. The molecule has 0 aliphatic heterocycles. The summed E-state index contributed by atoms with van der Waals surface area (Å²) in [5.41, 5.74) is 14.3. The van der Waals surface area contributed by atoms with Crippen LogP contribution in [0.15, 0.2) is 0 Å². The van der Waals surface area contributed by atoms with Crippen LogP contribution in [0, 0.1) is 106 Å². The van der Waals surface area contributed by atoms with Crippen LogP contribution in [-0.4, -0.2) is 23.3 Å². The SMILES string of the molecule is CCC(CC)CC([NH-])C1C(N)CC(C)C1O.[Ac].[Ac]. The first-order valence-electron chi connectivity index (χ1n) is 6.65. The molecule has 0 saturated heterocycles. The monoisotopic (exact) mass is 681 g/mol. The molecule has 0 spiro atoms. The zero-order valence-corrected chi connectivity index (χ0v) is 21.5. The molecule has 3 nitrogen and oxygen atoms in total. The van der Waals surface area contributed by atoms with Crippen molar-refractivity contribution in [1.29, 1.82) is 0 Å². The fraction of sp³-hybridized carbons (Fsp3) is 1.00. The van der Waals surface area contributed by atoms with E-state index in [1.807, 2.05) is 6.92 Å². The minimum Gasteiger partial charge on any atom is -0.674 e. The Morgan fingerprint density at radius 2 is 1.78 bits per heavy atom. The molecular weight excluding hydrogens is 654 g/mol. The molecule has 5 heteroatoms. The summed E-state index contributed by atoms with van der Waals surface area (Å²) in [5.74, 6) is 0.850. The predicted octanol–water partition coefficient (Wildman–Crippen LogP) is 2.58. The summed E-state index contributed by atoms with van der Waals surface area (Å²) in [7, 11) is 0. The van der Waals surface area contributed by atoms with Crippen molar-refractivity contribution in [2.24, 2.45) is 23.5 Å². The maximum atomic E-state index is 10.1. The standard InChI is InChI=1S/C13H27N2O.2Ac/c1-4-9(5-2)7-11(15)12-10(14)6-8(3)13(12)16;;/h8-13,15-16H,4-7,14H2,1-3H3;;/q-1;;. The third-order valence-corrected chi connectivity index (χ3v) is 4.32. The Labute approximate surface area is 184 Å². The summed E-state index contributed by atoms with van der Waals surface area (Å²) >= 11 is 0. The molecule has 1 aliphatic rings. The van der Waals surface area contributed by atoms with Gasteiger partial charge in [0.05, 0.1) is 6.10 Å². The molecule has 2 radical (unpaired) electrons. The number of aliphatic hydroxyl groups excluding tert-OH is 1. The fourth-order valence-electron chi connectivity index (χ4n) is 3.03. The topological polar surface area (TPSA) is 70.0 Å². The Balaban J connectivity index is 0. The van der Waals surface area contributed by atoms with Crippen LogP contribution in [0.25, 0.3) is 5.73 Å². The van der Waals surface area contributed by atoms with Crippen LogP contribution < -0.4 is 5.73 Å². The van der Waals surface area contributed by atoms with E-state index in [1.165, 1.54) is 0 Å². The first kappa shape index (κ1) is 23.0. The second-order valence-electron chi connectivity index (χ2n) is 5.47. The van der Waals surface area contributed by atoms with Gasteiger partial charge in [0.2, 0.25) is 0 Å². The van der Waals surface area contributed by atoms with Crippen molar-refractivity contribution in [2.75, 3.05) is 0 Å². The van der Waals surface area contributed by atoms with Gasteiger partial charge < -0.3 is 16.6 Å². The van der Waals surface area contributed by atoms with E-state index in [2.05, 4.69) is 13.8 Å². The normalized spacial score (nSPS) is 32.8. The first-order valence-corrected chi connectivity index (χ1v) is 6.65. The molecule has 0 aromatic rings. The average Bonchev–Trinajstić information content (AvgIpc) is 2.49. The molecule has 1 fully saturated rings. The van der Waals surface area contributed by atoms with Gasteiger partial charge in [-0.25, -0.2) is 0 Å².